The molecule has 6 rings (SSSR count). The fourth-order valence-electron chi connectivity index (χ4n) is 5.87. The number of anilines is 2. The second-order valence-corrected chi connectivity index (χ2v) is 10.6. The monoisotopic (exact) mass is 576 g/mol. The zero-order valence-corrected chi connectivity index (χ0v) is 20.5. The van der Waals surface area contributed by atoms with Crippen LogP contribution >= 0.6 is 31.9 Å². The molecule has 168 valence electrons. The van der Waals surface area contributed by atoms with E-state index in [1.54, 1.807) is 16.8 Å². The number of urea groups is 1. The maximum Gasteiger partial charge on any atom is 0.416 e. The first-order chi connectivity index (χ1) is 15.7. The zero-order valence-electron chi connectivity index (χ0n) is 17.3. The van der Waals surface area contributed by atoms with E-state index >= 15 is 0 Å². The van der Waals surface area contributed by atoms with Gasteiger partial charge in [-0.3, -0.25) is 9.80 Å². The van der Waals surface area contributed by atoms with Crippen LogP contribution in [-0.4, -0.2) is 13.1 Å². The molecule has 0 saturated carbocycles. The number of hydrogen-bond donors (Lipinski definition) is 0. The molecule has 2 aliphatic heterocycles. The van der Waals surface area contributed by atoms with Crippen molar-refractivity contribution < 1.29 is 18.0 Å². The third-order valence-electron chi connectivity index (χ3n) is 7.11. The second-order valence-electron chi connectivity index (χ2n) is 8.80. The van der Waals surface area contributed by atoms with Crippen molar-refractivity contribution in [2.75, 3.05) is 16.8 Å². The number of benzene rings is 3. The van der Waals surface area contributed by atoms with Crippen molar-refractivity contribution in [2.24, 2.45) is 5.92 Å². The van der Waals surface area contributed by atoms with Gasteiger partial charge in [0, 0.05) is 27.5 Å². The summed E-state index contributed by atoms with van der Waals surface area (Å²) in [5.74, 6) is -0.294. The van der Waals surface area contributed by atoms with Crippen LogP contribution in [0.1, 0.15) is 39.8 Å². The summed E-state index contributed by atoms with van der Waals surface area (Å²) in [6.07, 6.45) is -3.76. The minimum atomic E-state index is -4.45. The average molecular weight is 578 g/mol. The van der Waals surface area contributed by atoms with E-state index in [-0.39, 0.29) is 23.9 Å². The van der Waals surface area contributed by atoms with Crippen LogP contribution in [0.25, 0.3) is 0 Å². The van der Waals surface area contributed by atoms with Gasteiger partial charge in [0.05, 0.1) is 23.0 Å². The summed E-state index contributed by atoms with van der Waals surface area (Å²) in [5, 5.41) is 0. The molecule has 3 nitrogen and oxygen atoms in total. The second kappa shape index (κ2) is 7.09. The number of carbonyl (C=O) groups excluding carboxylic acids is 1. The normalized spacial score (nSPS) is 23.0. The first kappa shape index (κ1) is 21.2. The van der Waals surface area contributed by atoms with Crippen LogP contribution in [0.4, 0.5) is 29.3 Å². The molecule has 0 unspecified atom stereocenters. The Balaban J connectivity index is 1.66. The van der Waals surface area contributed by atoms with Crippen molar-refractivity contribution in [3.8, 4) is 0 Å². The standard InChI is InChI=1S/C25H17Br2F3N2O/c1-31-23-18(10-14(26)11-19(23)27)22-17-8-12-4-2-3-5-15(12)21(17)16-9-13(25(28,29)30)6-7-20(16)32(22)24(31)33/h2-7,9-11,17,21-22H,8H2,1H3/t17-,21-,22+/m1/s1. The predicted octanol–water partition coefficient (Wildman–Crippen LogP) is 7.67. The topological polar surface area (TPSA) is 23.6 Å². The fourth-order valence-corrected chi connectivity index (χ4v) is 7.40. The molecule has 2 heterocycles. The lowest BCUT2D eigenvalue weighted by Gasteiger charge is -2.50. The van der Waals surface area contributed by atoms with E-state index in [0.717, 1.165) is 37.4 Å². The highest BCUT2D eigenvalue weighted by atomic mass is 79.9. The molecule has 0 fully saturated rings. The number of carbonyl (C=O) groups is 1. The highest BCUT2D eigenvalue weighted by Gasteiger charge is 2.52. The van der Waals surface area contributed by atoms with Crippen molar-refractivity contribution in [3.63, 3.8) is 0 Å². The Kier molecular flexibility index (Phi) is 4.56. The summed E-state index contributed by atoms with van der Waals surface area (Å²) < 4.78 is 42.6. The van der Waals surface area contributed by atoms with Crippen molar-refractivity contribution in [3.05, 3.63) is 91.4 Å². The van der Waals surface area contributed by atoms with Crippen molar-refractivity contribution in [1.29, 1.82) is 0 Å². The molecule has 3 aromatic carbocycles. The van der Waals surface area contributed by atoms with Gasteiger partial charge in [-0.2, -0.15) is 13.2 Å². The van der Waals surface area contributed by atoms with E-state index in [1.165, 1.54) is 12.1 Å². The minimum absolute atomic E-state index is 0.0732. The van der Waals surface area contributed by atoms with Gasteiger partial charge in [-0.05, 0) is 75.3 Å². The Bertz CT molecular complexity index is 1340. The SMILES string of the molecule is CN1C(=O)N2c3ccc(C(F)(F)F)cc3[C@H]3c4ccccc4C[C@H]3[C@H]2c2cc(Br)cc(Br)c21. The maximum absolute atomic E-state index is 13.7. The molecule has 0 aromatic heterocycles. The lowest BCUT2D eigenvalue weighted by molar-refractivity contribution is -0.137. The van der Waals surface area contributed by atoms with Crippen molar-refractivity contribution in [1.82, 2.24) is 0 Å². The van der Waals surface area contributed by atoms with E-state index in [4.69, 9.17) is 0 Å². The molecule has 0 radical (unpaired) electrons. The van der Waals surface area contributed by atoms with Gasteiger partial charge in [-0.25, -0.2) is 4.79 Å². The third-order valence-corrected chi connectivity index (χ3v) is 8.17. The molecular weight excluding hydrogens is 561 g/mol. The van der Waals surface area contributed by atoms with Gasteiger partial charge in [0.2, 0.25) is 0 Å². The zero-order chi connectivity index (χ0) is 23.2. The van der Waals surface area contributed by atoms with Crippen molar-refractivity contribution >= 4 is 49.3 Å². The quantitative estimate of drug-likeness (QED) is 0.269. The van der Waals surface area contributed by atoms with Crippen LogP contribution in [0.15, 0.2) is 63.5 Å². The maximum atomic E-state index is 13.7. The van der Waals surface area contributed by atoms with Crippen molar-refractivity contribution in [2.45, 2.75) is 24.6 Å². The molecule has 0 spiro atoms. The van der Waals surface area contributed by atoms with Crippen LogP contribution < -0.4 is 9.80 Å². The summed E-state index contributed by atoms with van der Waals surface area (Å²) in [6.45, 7) is 0. The Labute approximate surface area is 205 Å². The van der Waals surface area contributed by atoms with E-state index in [9.17, 15) is 18.0 Å². The first-order valence-corrected chi connectivity index (χ1v) is 12.1. The van der Waals surface area contributed by atoms with Crippen LogP contribution in [0.2, 0.25) is 0 Å². The molecule has 3 aliphatic rings. The van der Waals surface area contributed by atoms with E-state index < -0.39 is 11.7 Å². The van der Waals surface area contributed by atoms with E-state index in [0.29, 0.717) is 17.7 Å². The number of fused-ring (bicyclic) bond motifs is 10. The molecule has 33 heavy (non-hydrogen) atoms. The lowest BCUT2D eigenvalue weighted by atomic mass is 9.73. The Hall–Kier alpha value is -2.32. The van der Waals surface area contributed by atoms with Gasteiger partial charge in [0.15, 0.2) is 0 Å². The summed E-state index contributed by atoms with van der Waals surface area (Å²) >= 11 is 7.19. The molecule has 0 N–H and O–H groups in total. The number of alkyl halides is 3. The Morgan fingerprint density at radius 2 is 1.73 bits per heavy atom. The highest BCUT2D eigenvalue weighted by molar-refractivity contribution is 9.11. The summed E-state index contributed by atoms with van der Waals surface area (Å²) in [6, 6.07) is 15.1. The molecule has 3 aromatic rings. The molecule has 2 amide bonds. The number of nitrogens with zero attached hydrogens (tertiary/aromatic N) is 2. The van der Waals surface area contributed by atoms with Crippen LogP contribution in [-0.2, 0) is 12.6 Å². The summed E-state index contributed by atoms with van der Waals surface area (Å²) in [7, 11) is 1.70. The van der Waals surface area contributed by atoms with Gasteiger partial charge >= 0.3 is 12.2 Å². The van der Waals surface area contributed by atoms with Crippen LogP contribution in [0.5, 0.6) is 0 Å². The summed E-state index contributed by atoms with van der Waals surface area (Å²) in [4.78, 5) is 16.9. The van der Waals surface area contributed by atoms with Gasteiger partial charge in [0.25, 0.3) is 0 Å². The number of hydrogen-bond acceptors (Lipinski definition) is 1. The lowest BCUT2D eigenvalue weighted by Crippen LogP contribution is -2.53. The van der Waals surface area contributed by atoms with Crippen LogP contribution in [0, 0.1) is 5.92 Å². The number of amides is 2. The first-order valence-electron chi connectivity index (χ1n) is 10.5. The summed E-state index contributed by atoms with van der Waals surface area (Å²) in [5.41, 5.74) is 4.37. The van der Waals surface area contributed by atoms with Gasteiger partial charge in [-0.15, -0.1) is 0 Å². The predicted molar refractivity (Wildman–Crippen MR) is 128 cm³/mol. The smallest absolute Gasteiger partial charge is 0.296 e. The highest BCUT2D eigenvalue weighted by Crippen LogP contribution is 2.60. The molecular formula is C25H17Br2F3N2O. The Morgan fingerprint density at radius 3 is 2.48 bits per heavy atom. The van der Waals surface area contributed by atoms with Gasteiger partial charge < -0.3 is 0 Å². The number of halogens is 5. The molecule has 8 heteroatoms. The van der Waals surface area contributed by atoms with Crippen LogP contribution in [0.3, 0.4) is 0 Å². The molecule has 0 saturated heterocycles. The number of rotatable bonds is 0. The molecule has 3 atom stereocenters. The molecule has 0 bridgehead atoms. The minimum Gasteiger partial charge on any atom is -0.296 e. The van der Waals surface area contributed by atoms with E-state index in [2.05, 4.69) is 31.9 Å². The largest absolute Gasteiger partial charge is 0.416 e. The average Bonchev–Trinajstić information content (AvgIpc) is 3.14. The molecule has 1 aliphatic carbocycles. The Morgan fingerprint density at radius 1 is 0.970 bits per heavy atom. The van der Waals surface area contributed by atoms with Gasteiger partial charge in [-0.1, -0.05) is 40.2 Å². The van der Waals surface area contributed by atoms with Gasteiger partial charge in [0.1, 0.15) is 0 Å². The third kappa shape index (κ3) is 2.96. The fraction of sp³-hybridized carbons (Fsp3) is 0.240. The van der Waals surface area contributed by atoms with E-state index in [1.807, 2.05) is 36.4 Å².